The third kappa shape index (κ3) is 3.24. The second kappa shape index (κ2) is 5.89. The average molecular weight is 254 g/mol. The number of aryl methyl sites for hydroxylation is 2. The van der Waals surface area contributed by atoms with Gasteiger partial charge in [-0.2, -0.15) is 16.9 Å². The minimum absolute atomic E-state index is 0.357. The highest BCUT2D eigenvalue weighted by molar-refractivity contribution is 8.00. The molecular weight excluding hydrogens is 232 g/mol. The van der Waals surface area contributed by atoms with Gasteiger partial charge in [0, 0.05) is 30.5 Å². The summed E-state index contributed by atoms with van der Waals surface area (Å²) in [5, 5.41) is 5.03. The van der Waals surface area contributed by atoms with Gasteiger partial charge >= 0.3 is 0 Å². The molecule has 0 amide bonds. The molecule has 1 aromatic heterocycles. The van der Waals surface area contributed by atoms with Crippen LogP contribution in [0.3, 0.4) is 0 Å². The first-order chi connectivity index (χ1) is 8.20. The van der Waals surface area contributed by atoms with Gasteiger partial charge in [0.2, 0.25) is 0 Å². The SMILES string of the molecule is Cc1cc(CC(NN)C2CCCCS2)n(C)n1. The molecule has 0 bridgehead atoms. The minimum Gasteiger partial charge on any atom is -0.272 e. The van der Waals surface area contributed by atoms with Crippen molar-refractivity contribution in [3.8, 4) is 0 Å². The molecule has 2 rings (SSSR count). The van der Waals surface area contributed by atoms with E-state index in [1.54, 1.807) is 0 Å². The van der Waals surface area contributed by atoms with E-state index in [0.717, 1.165) is 12.1 Å². The van der Waals surface area contributed by atoms with Gasteiger partial charge in [-0.1, -0.05) is 6.42 Å². The van der Waals surface area contributed by atoms with Gasteiger partial charge in [0.15, 0.2) is 0 Å². The summed E-state index contributed by atoms with van der Waals surface area (Å²) in [6.45, 7) is 2.03. The first kappa shape index (κ1) is 12.9. The quantitative estimate of drug-likeness (QED) is 0.630. The highest BCUT2D eigenvalue weighted by Crippen LogP contribution is 2.28. The van der Waals surface area contributed by atoms with E-state index >= 15 is 0 Å². The van der Waals surface area contributed by atoms with Crippen molar-refractivity contribution in [2.45, 2.75) is 43.9 Å². The largest absolute Gasteiger partial charge is 0.272 e. The molecule has 2 atom stereocenters. The van der Waals surface area contributed by atoms with Crippen molar-refractivity contribution in [1.29, 1.82) is 0 Å². The molecule has 1 aliphatic rings. The summed E-state index contributed by atoms with van der Waals surface area (Å²) >= 11 is 2.06. The van der Waals surface area contributed by atoms with Crippen LogP contribution in [0.4, 0.5) is 0 Å². The molecule has 0 saturated carbocycles. The van der Waals surface area contributed by atoms with Gasteiger partial charge in [-0.05, 0) is 31.6 Å². The van der Waals surface area contributed by atoms with Crippen LogP contribution in [0.15, 0.2) is 6.07 Å². The zero-order chi connectivity index (χ0) is 12.3. The Morgan fingerprint density at radius 3 is 3.00 bits per heavy atom. The maximum absolute atomic E-state index is 5.72. The van der Waals surface area contributed by atoms with Crippen molar-refractivity contribution in [2.24, 2.45) is 12.9 Å². The van der Waals surface area contributed by atoms with Crippen molar-refractivity contribution < 1.29 is 0 Å². The lowest BCUT2D eigenvalue weighted by atomic mass is 10.0. The van der Waals surface area contributed by atoms with Gasteiger partial charge in [-0.3, -0.25) is 16.0 Å². The van der Waals surface area contributed by atoms with Crippen LogP contribution in [0.1, 0.15) is 30.7 Å². The summed E-state index contributed by atoms with van der Waals surface area (Å²) in [5.74, 6) is 6.99. The number of hydrogen-bond donors (Lipinski definition) is 2. The average Bonchev–Trinajstić information content (AvgIpc) is 2.66. The smallest absolute Gasteiger partial charge is 0.0596 e. The molecule has 0 aromatic carbocycles. The maximum Gasteiger partial charge on any atom is 0.0596 e. The summed E-state index contributed by atoms with van der Waals surface area (Å²) in [6.07, 6.45) is 4.92. The second-order valence-corrected chi connectivity index (χ2v) is 6.13. The van der Waals surface area contributed by atoms with Gasteiger partial charge in [-0.15, -0.1) is 0 Å². The summed E-state index contributed by atoms with van der Waals surface area (Å²) in [5.41, 5.74) is 5.33. The lowest BCUT2D eigenvalue weighted by Crippen LogP contribution is -2.45. The lowest BCUT2D eigenvalue weighted by Gasteiger charge is -2.29. The van der Waals surface area contributed by atoms with Crippen LogP contribution < -0.4 is 11.3 Å². The number of hydrogen-bond acceptors (Lipinski definition) is 4. The number of nitrogens with one attached hydrogen (secondary N) is 1. The van der Waals surface area contributed by atoms with Crippen LogP contribution >= 0.6 is 11.8 Å². The molecule has 4 nitrogen and oxygen atoms in total. The number of rotatable bonds is 4. The summed E-state index contributed by atoms with van der Waals surface area (Å²) < 4.78 is 1.97. The zero-order valence-electron chi connectivity index (χ0n) is 10.6. The van der Waals surface area contributed by atoms with E-state index in [-0.39, 0.29) is 0 Å². The van der Waals surface area contributed by atoms with Crippen LogP contribution in [0.5, 0.6) is 0 Å². The fraction of sp³-hybridized carbons (Fsp3) is 0.750. The van der Waals surface area contributed by atoms with E-state index < -0.39 is 0 Å². The van der Waals surface area contributed by atoms with E-state index in [9.17, 15) is 0 Å². The molecule has 96 valence electrons. The van der Waals surface area contributed by atoms with Gasteiger partial charge in [0.05, 0.1) is 5.69 Å². The van der Waals surface area contributed by atoms with Gasteiger partial charge in [0.1, 0.15) is 0 Å². The van der Waals surface area contributed by atoms with Crippen LogP contribution in [-0.4, -0.2) is 26.8 Å². The number of nitrogens with zero attached hydrogens (tertiary/aromatic N) is 2. The van der Waals surface area contributed by atoms with Crippen LogP contribution in [-0.2, 0) is 13.5 Å². The minimum atomic E-state index is 0.357. The first-order valence-electron chi connectivity index (χ1n) is 6.28. The Morgan fingerprint density at radius 2 is 2.47 bits per heavy atom. The molecule has 17 heavy (non-hydrogen) atoms. The molecule has 1 aromatic rings. The lowest BCUT2D eigenvalue weighted by molar-refractivity contribution is 0.461. The van der Waals surface area contributed by atoms with E-state index in [2.05, 4.69) is 28.4 Å². The van der Waals surface area contributed by atoms with E-state index in [0.29, 0.717) is 11.3 Å². The third-order valence-electron chi connectivity index (χ3n) is 3.41. The fourth-order valence-corrected chi connectivity index (χ4v) is 3.88. The Balaban J connectivity index is 2.01. The molecule has 3 N–H and O–H groups in total. The number of thioether (sulfide) groups is 1. The zero-order valence-corrected chi connectivity index (χ0v) is 11.5. The topological polar surface area (TPSA) is 55.9 Å². The van der Waals surface area contributed by atoms with Crippen molar-refractivity contribution >= 4 is 11.8 Å². The van der Waals surface area contributed by atoms with Crippen molar-refractivity contribution in [2.75, 3.05) is 5.75 Å². The van der Waals surface area contributed by atoms with Crippen LogP contribution in [0.25, 0.3) is 0 Å². The molecule has 0 radical (unpaired) electrons. The standard InChI is InChI=1S/C12H22N4S/c1-9-7-10(16(2)15-9)8-11(14-13)12-5-3-4-6-17-12/h7,11-12,14H,3-6,8,13H2,1-2H3. The molecule has 5 heteroatoms. The second-order valence-electron chi connectivity index (χ2n) is 4.78. The van der Waals surface area contributed by atoms with Crippen molar-refractivity contribution in [3.63, 3.8) is 0 Å². The van der Waals surface area contributed by atoms with Crippen molar-refractivity contribution in [1.82, 2.24) is 15.2 Å². The Labute approximate surface area is 107 Å². The summed E-state index contributed by atoms with van der Waals surface area (Å²) in [6, 6.07) is 2.51. The molecule has 1 aliphatic heterocycles. The Morgan fingerprint density at radius 1 is 1.65 bits per heavy atom. The maximum atomic E-state index is 5.72. The Bertz CT molecular complexity index is 357. The van der Waals surface area contributed by atoms with Crippen molar-refractivity contribution in [3.05, 3.63) is 17.5 Å². The van der Waals surface area contributed by atoms with Gasteiger partial charge < -0.3 is 0 Å². The van der Waals surface area contributed by atoms with Crippen LogP contribution in [0.2, 0.25) is 0 Å². The van der Waals surface area contributed by atoms with E-state index in [1.807, 2.05) is 18.7 Å². The number of nitrogens with two attached hydrogens (primary N) is 1. The van der Waals surface area contributed by atoms with E-state index in [4.69, 9.17) is 5.84 Å². The number of hydrazine groups is 1. The third-order valence-corrected chi connectivity index (χ3v) is 4.92. The number of aromatic nitrogens is 2. The highest BCUT2D eigenvalue weighted by atomic mass is 32.2. The van der Waals surface area contributed by atoms with Gasteiger partial charge in [0.25, 0.3) is 0 Å². The molecular formula is C12H22N4S. The molecule has 1 saturated heterocycles. The summed E-state index contributed by atoms with van der Waals surface area (Å²) in [7, 11) is 2.00. The van der Waals surface area contributed by atoms with Crippen LogP contribution in [0, 0.1) is 6.92 Å². The monoisotopic (exact) mass is 254 g/mol. The first-order valence-corrected chi connectivity index (χ1v) is 7.33. The van der Waals surface area contributed by atoms with E-state index in [1.165, 1.54) is 30.7 Å². The summed E-state index contributed by atoms with van der Waals surface area (Å²) in [4.78, 5) is 0. The Kier molecular flexibility index (Phi) is 4.48. The molecule has 1 fully saturated rings. The van der Waals surface area contributed by atoms with Gasteiger partial charge in [-0.25, -0.2) is 0 Å². The molecule has 2 heterocycles. The Hall–Kier alpha value is -0.520. The molecule has 0 spiro atoms. The predicted octanol–water partition coefficient (Wildman–Crippen LogP) is 1.39. The molecule has 0 aliphatic carbocycles. The fourth-order valence-electron chi connectivity index (χ4n) is 2.46. The molecule has 2 unspecified atom stereocenters. The predicted molar refractivity (Wildman–Crippen MR) is 72.9 cm³/mol. The normalized spacial score (nSPS) is 22.6. The highest BCUT2D eigenvalue weighted by Gasteiger charge is 2.24.